The van der Waals surface area contributed by atoms with Crippen LogP contribution in [0.1, 0.15) is 32.7 Å². The van der Waals surface area contributed by atoms with Crippen LogP contribution < -0.4 is 5.73 Å². The lowest BCUT2D eigenvalue weighted by molar-refractivity contribution is 0.0653. The fourth-order valence-electron chi connectivity index (χ4n) is 2.65. The van der Waals surface area contributed by atoms with Crippen LogP contribution in [0.4, 0.5) is 5.69 Å². The first-order chi connectivity index (χ1) is 10.2. The highest BCUT2D eigenvalue weighted by molar-refractivity contribution is 6.23. The Morgan fingerprint density at radius 2 is 1.67 bits per heavy atom. The van der Waals surface area contributed by atoms with Crippen molar-refractivity contribution in [1.29, 1.82) is 0 Å². The molecule has 0 spiro atoms. The van der Waals surface area contributed by atoms with Gasteiger partial charge >= 0.3 is 0 Å². The molecule has 3 rings (SSSR count). The van der Waals surface area contributed by atoms with Gasteiger partial charge in [0.2, 0.25) is 0 Å². The van der Waals surface area contributed by atoms with Gasteiger partial charge in [0.1, 0.15) is 0 Å². The van der Waals surface area contributed by atoms with Crippen molar-refractivity contribution in [2.24, 2.45) is 0 Å². The maximum Gasteiger partial charge on any atom is 0.263 e. The average Bonchev–Trinajstić information content (AvgIpc) is 2.74. The third-order valence-electron chi connectivity index (χ3n) is 3.72. The fraction of sp³-hybridized carbons (Fsp3) is 0.176. The number of anilines is 1. The Hall–Kier alpha value is -2.62. The number of carbonyl (C=O) groups excluding carboxylic acids is 2. The summed E-state index contributed by atoms with van der Waals surface area (Å²) in [5.74, 6) is -0.517. The number of carbonyl (C=O) groups is 2. The molecule has 1 heterocycles. The molecule has 2 N–H and O–H groups in total. The summed E-state index contributed by atoms with van der Waals surface area (Å²) in [4.78, 5) is 25.8. The Morgan fingerprint density at radius 1 is 0.905 bits per heavy atom. The SMILES string of the molecule is Nc1cccc2c1C(=O)N(CCCc1ccccc1)C2=O. The first-order valence-electron chi connectivity index (χ1n) is 6.97. The highest BCUT2D eigenvalue weighted by atomic mass is 16.2. The van der Waals surface area contributed by atoms with Crippen molar-refractivity contribution in [1.82, 2.24) is 4.90 Å². The van der Waals surface area contributed by atoms with Crippen molar-refractivity contribution in [2.45, 2.75) is 12.8 Å². The Labute approximate surface area is 123 Å². The van der Waals surface area contributed by atoms with E-state index in [1.54, 1.807) is 18.2 Å². The van der Waals surface area contributed by atoms with Gasteiger partial charge in [0, 0.05) is 12.2 Å². The predicted octanol–water partition coefficient (Wildman–Crippen LogP) is 2.50. The second kappa shape index (κ2) is 5.40. The molecule has 0 unspecified atom stereocenters. The summed E-state index contributed by atoms with van der Waals surface area (Å²) in [6.45, 7) is 0.417. The third kappa shape index (κ3) is 2.40. The van der Waals surface area contributed by atoms with Gasteiger partial charge in [0.25, 0.3) is 11.8 Å². The number of hydrogen-bond donors (Lipinski definition) is 1. The van der Waals surface area contributed by atoms with Gasteiger partial charge in [-0.25, -0.2) is 0 Å². The Morgan fingerprint density at radius 3 is 2.38 bits per heavy atom. The molecule has 0 fully saturated rings. The number of hydrogen-bond acceptors (Lipinski definition) is 3. The van der Waals surface area contributed by atoms with Crippen molar-refractivity contribution >= 4 is 17.5 Å². The lowest BCUT2D eigenvalue weighted by Gasteiger charge is -2.13. The third-order valence-corrected chi connectivity index (χ3v) is 3.72. The molecule has 2 aromatic carbocycles. The standard InChI is InChI=1S/C17H16N2O2/c18-14-10-4-9-13-15(14)17(21)19(16(13)20)11-5-8-12-6-2-1-3-7-12/h1-4,6-7,9-10H,5,8,11,18H2. The number of imide groups is 1. The molecule has 0 radical (unpaired) electrons. The zero-order valence-corrected chi connectivity index (χ0v) is 11.6. The summed E-state index contributed by atoms with van der Waals surface area (Å²) >= 11 is 0. The molecule has 0 aliphatic carbocycles. The predicted molar refractivity (Wildman–Crippen MR) is 81.0 cm³/mol. The Bertz CT molecular complexity index is 695. The number of amides is 2. The summed E-state index contributed by atoms with van der Waals surface area (Å²) in [6.07, 6.45) is 1.58. The smallest absolute Gasteiger partial charge is 0.263 e. The van der Waals surface area contributed by atoms with E-state index in [0.29, 0.717) is 23.4 Å². The van der Waals surface area contributed by atoms with E-state index in [0.717, 1.165) is 12.8 Å². The van der Waals surface area contributed by atoms with Crippen molar-refractivity contribution in [2.75, 3.05) is 12.3 Å². The highest BCUT2D eigenvalue weighted by Gasteiger charge is 2.36. The summed E-state index contributed by atoms with van der Waals surface area (Å²) < 4.78 is 0. The van der Waals surface area contributed by atoms with Crippen LogP contribution in [0, 0.1) is 0 Å². The topological polar surface area (TPSA) is 63.4 Å². The van der Waals surface area contributed by atoms with Gasteiger partial charge in [-0.1, -0.05) is 36.4 Å². The number of rotatable bonds is 4. The van der Waals surface area contributed by atoms with E-state index in [-0.39, 0.29) is 11.8 Å². The molecular weight excluding hydrogens is 264 g/mol. The molecule has 4 nitrogen and oxygen atoms in total. The van der Waals surface area contributed by atoms with Crippen LogP contribution in [0.25, 0.3) is 0 Å². The summed E-state index contributed by atoms with van der Waals surface area (Å²) in [5.41, 5.74) is 8.15. The summed E-state index contributed by atoms with van der Waals surface area (Å²) in [5, 5.41) is 0. The largest absolute Gasteiger partial charge is 0.398 e. The lowest BCUT2D eigenvalue weighted by Crippen LogP contribution is -2.31. The molecule has 2 amide bonds. The quantitative estimate of drug-likeness (QED) is 0.691. The second-order valence-corrected chi connectivity index (χ2v) is 5.12. The van der Waals surface area contributed by atoms with Gasteiger partial charge in [0.15, 0.2) is 0 Å². The molecule has 1 aliphatic rings. The molecule has 0 saturated heterocycles. The molecule has 21 heavy (non-hydrogen) atoms. The van der Waals surface area contributed by atoms with Crippen molar-refractivity contribution in [3.05, 3.63) is 65.2 Å². The van der Waals surface area contributed by atoms with Crippen LogP contribution in [0.5, 0.6) is 0 Å². The zero-order chi connectivity index (χ0) is 14.8. The molecule has 1 aliphatic heterocycles. The van der Waals surface area contributed by atoms with Crippen LogP contribution in [0.15, 0.2) is 48.5 Å². The van der Waals surface area contributed by atoms with Gasteiger partial charge in [-0.05, 0) is 30.5 Å². The van der Waals surface area contributed by atoms with E-state index >= 15 is 0 Å². The highest BCUT2D eigenvalue weighted by Crippen LogP contribution is 2.27. The van der Waals surface area contributed by atoms with Crippen LogP contribution >= 0.6 is 0 Å². The minimum Gasteiger partial charge on any atom is -0.398 e. The first kappa shape index (κ1) is 13.4. The van der Waals surface area contributed by atoms with Crippen LogP contribution in [-0.4, -0.2) is 23.3 Å². The van der Waals surface area contributed by atoms with E-state index < -0.39 is 0 Å². The number of aryl methyl sites for hydroxylation is 1. The van der Waals surface area contributed by atoms with Crippen molar-refractivity contribution in [3.63, 3.8) is 0 Å². The Kier molecular flexibility index (Phi) is 3.44. The summed E-state index contributed by atoms with van der Waals surface area (Å²) in [7, 11) is 0. The van der Waals surface area contributed by atoms with Crippen LogP contribution in [0.3, 0.4) is 0 Å². The van der Waals surface area contributed by atoms with E-state index in [4.69, 9.17) is 5.73 Å². The van der Waals surface area contributed by atoms with E-state index in [1.165, 1.54) is 10.5 Å². The number of nitrogens with two attached hydrogens (primary N) is 1. The van der Waals surface area contributed by atoms with E-state index in [9.17, 15) is 9.59 Å². The molecule has 0 bridgehead atoms. The fourth-order valence-corrected chi connectivity index (χ4v) is 2.65. The van der Waals surface area contributed by atoms with Gasteiger partial charge < -0.3 is 5.73 Å². The zero-order valence-electron chi connectivity index (χ0n) is 11.6. The number of nitrogens with zero attached hydrogens (tertiary/aromatic N) is 1. The van der Waals surface area contributed by atoms with Crippen LogP contribution in [0.2, 0.25) is 0 Å². The van der Waals surface area contributed by atoms with E-state index in [1.807, 2.05) is 30.3 Å². The number of benzene rings is 2. The number of nitrogen functional groups attached to an aromatic ring is 1. The van der Waals surface area contributed by atoms with Gasteiger partial charge in [0.05, 0.1) is 11.1 Å². The molecular formula is C17H16N2O2. The van der Waals surface area contributed by atoms with Crippen molar-refractivity contribution < 1.29 is 9.59 Å². The van der Waals surface area contributed by atoms with Gasteiger partial charge in [-0.2, -0.15) is 0 Å². The maximum atomic E-state index is 12.3. The minimum atomic E-state index is -0.277. The molecule has 2 aromatic rings. The molecule has 0 aromatic heterocycles. The first-order valence-corrected chi connectivity index (χ1v) is 6.97. The Balaban J connectivity index is 1.70. The normalized spacial score (nSPS) is 13.6. The number of fused-ring (bicyclic) bond motifs is 1. The van der Waals surface area contributed by atoms with Crippen molar-refractivity contribution in [3.8, 4) is 0 Å². The van der Waals surface area contributed by atoms with Gasteiger partial charge in [-0.15, -0.1) is 0 Å². The molecule has 4 heteroatoms. The lowest BCUT2D eigenvalue weighted by atomic mass is 10.1. The minimum absolute atomic E-state index is 0.240. The monoisotopic (exact) mass is 280 g/mol. The molecule has 106 valence electrons. The van der Waals surface area contributed by atoms with E-state index in [2.05, 4.69) is 0 Å². The van der Waals surface area contributed by atoms with Gasteiger partial charge in [-0.3, -0.25) is 14.5 Å². The molecule has 0 atom stereocenters. The summed E-state index contributed by atoms with van der Waals surface area (Å²) in [6, 6.07) is 15.0. The van der Waals surface area contributed by atoms with Crippen LogP contribution in [-0.2, 0) is 6.42 Å². The second-order valence-electron chi connectivity index (χ2n) is 5.12. The maximum absolute atomic E-state index is 12.3. The molecule has 0 saturated carbocycles. The average molecular weight is 280 g/mol.